The van der Waals surface area contributed by atoms with E-state index in [1.165, 1.54) is 0 Å². The minimum Gasteiger partial charge on any atom is -0.493 e. The third-order valence-electron chi connectivity index (χ3n) is 2.76. The monoisotopic (exact) mass is 263 g/mol. The summed E-state index contributed by atoms with van der Waals surface area (Å²) >= 11 is 0. The van der Waals surface area contributed by atoms with Gasteiger partial charge in [-0.2, -0.15) is 0 Å². The summed E-state index contributed by atoms with van der Waals surface area (Å²) < 4.78 is 15.6. The molecule has 0 aliphatic carbocycles. The molecule has 0 unspecified atom stereocenters. The van der Waals surface area contributed by atoms with E-state index in [0.29, 0.717) is 24.5 Å². The molecule has 1 amide bonds. The van der Waals surface area contributed by atoms with E-state index >= 15 is 0 Å². The fraction of sp³-hybridized carbons (Fsp3) is 0.357. The first kappa shape index (κ1) is 13.4. The number of para-hydroxylation sites is 1. The number of carbonyl (C=O) groups excluding carboxylic acids is 1. The van der Waals surface area contributed by atoms with E-state index in [1.54, 1.807) is 26.4 Å². The zero-order valence-corrected chi connectivity index (χ0v) is 11.1. The molecule has 1 aromatic carbocycles. The Morgan fingerprint density at radius 1 is 1.37 bits per heavy atom. The lowest BCUT2D eigenvalue weighted by molar-refractivity contribution is 0.0923. The quantitative estimate of drug-likeness (QED) is 0.812. The van der Waals surface area contributed by atoms with Gasteiger partial charge in [0.2, 0.25) is 0 Å². The summed E-state index contributed by atoms with van der Waals surface area (Å²) in [5.74, 6) is 0.683. The maximum Gasteiger partial charge on any atom is 0.287 e. The van der Waals surface area contributed by atoms with Crippen molar-refractivity contribution in [1.29, 1.82) is 0 Å². The highest BCUT2D eigenvalue weighted by Crippen LogP contribution is 2.28. The highest BCUT2D eigenvalue weighted by atomic mass is 16.5. The van der Waals surface area contributed by atoms with Crippen LogP contribution in [-0.2, 0) is 4.74 Å². The first-order valence-corrected chi connectivity index (χ1v) is 6.10. The third kappa shape index (κ3) is 3.06. The lowest BCUT2D eigenvalue weighted by Crippen LogP contribution is -2.24. The van der Waals surface area contributed by atoms with Gasteiger partial charge in [-0.05, 0) is 18.6 Å². The molecule has 5 heteroatoms. The van der Waals surface area contributed by atoms with Crippen molar-refractivity contribution in [3.63, 3.8) is 0 Å². The molecule has 0 aliphatic rings. The molecule has 19 heavy (non-hydrogen) atoms. The maximum absolute atomic E-state index is 11.9. The Balaban J connectivity index is 2.10. The molecular weight excluding hydrogens is 246 g/mol. The third-order valence-corrected chi connectivity index (χ3v) is 2.76. The molecule has 1 aromatic heterocycles. The summed E-state index contributed by atoms with van der Waals surface area (Å²) in [5.41, 5.74) is 0.590. The van der Waals surface area contributed by atoms with Gasteiger partial charge in [-0.15, -0.1) is 0 Å². The van der Waals surface area contributed by atoms with E-state index in [1.807, 2.05) is 12.1 Å². The van der Waals surface area contributed by atoms with Crippen LogP contribution in [0, 0.1) is 0 Å². The number of fused-ring (bicyclic) bond motifs is 1. The van der Waals surface area contributed by atoms with Crippen molar-refractivity contribution in [2.24, 2.45) is 0 Å². The first-order valence-electron chi connectivity index (χ1n) is 6.10. The number of rotatable bonds is 6. The molecule has 0 atom stereocenters. The van der Waals surface area contributed by atoms with Crippen LogP contribution in [0.15, 0.2) is 28.7 Å². The molecule has 1 N–H and O–H groups in total. The van der Waals surface area contributed by atoms with Gasteiger partial charge in [0.1, 0.15) is 0 Å². The lowest BCUT2D eigenvalue weighted by Gasteiger charge is -2.02. The molecule has 0 radical (unpaired) electrons. The molecule has 2 aromatic rings. The van der Waals surface area contributed by atoms with Crippen molar-refractivity contribution in [2.75, 3.05) is 27.4 Å². The zero-order valence-electron chi connectivity index (χ0n) is 11.1. The van der Waals surface area contributed by atoms with Crippen molar-refractivity contribution in [1.82, 2.24) is 5.32 Å². The number of furan rings is 1. The lowest BCUT2D eigenvalue weighted by atomic mass is 10.2. The average Bonchev–Trinajstić information content (AvgIpc) is 2.87. The molecule has 102 valence electrons. The molecule has 1 heterocycles. The Labute approximate surface area is 111 Å². The number of hydrogen-bond acceptors (Lipinski definition) is 4. The summed E-state index contributed by atoms with van der Waals surface area (Å²) in [5, 5.41) is 3.63. The van der Waals surface area contributed by atoms with Gasteiger partial charge in [-0.25, -0.2) is 0 Å². The van der Waals surface area contributed by atoms with Crippen molar-refractivity contribution in [3.8, 4) is 5.75 Å². The van der Waals surface area contributed by atoms with Crippen LogP contribution in [0.1, 0.15) is 17.0 Å². The van der Waals surface area contributed by atoms with Crippen LogP contribution in [0.2, 0.25) is 0 Å². The van der Waals surface area contributed by atoms with Gasteiger partial charge in [0.05, 0.1) is 7.11 Å². The highest BCUT2D eigenvalue weighted by Gasteiger charge is 2.14. The van der Waals surface area contributed by atoms with E-state index in [4.69, 9.17) is 13.9 Å². The summed E-state index contributed by atoms with van der Waals surface area (Å²) in [6.07, 6.45) is 0.770. The van der Waals surface area contributed by atoms with Crippen LogP contribution in [0.4, 0.5) is 0 Å². The second-order valence-corrected chi connectivity index (χ2v) is 4.09. The predicted octanol–water partition coefficient (Wildman–Crippen LogP) is 2.21. The second kappa shape index (κ2) is 6.24. The molecule has 0 saturated heterocycles. The Hall–Kier alpha value is -2.01. The normalized spacial score (nSPS) is 10.6. The van der Waals surface area contributed by atoms with E-state index in [-0.39, 0.29) is 11.7 Å². The molecular formula is C14H17NO4. The molecule has 0 aliphatic heterocycles. The van der Waals surface area contributed by atoms with E-state index < -0.39 is 0 Å². The van der Waals surface area contributed by atoms with Crippen LogP contribution in [0.3, 0.4) is 0 Å². The molecule has 5 nitrogen and oxygen atoms in total. The number of benzene rings is 1. The van der Waals surface area contributed by atoms with Gasteiger partial charge in [-0.3, -0.25) is 4.79 Å². The van der Waals surface area contributed by atoms with Gasteiger partial charge in [-0.1, -0.05) is 12.1 Å². The first-order chi connectivity index (χ1) is 9.26. The van der Waals surface area contributed by atoms with Crippen LogP contribution in [0.5, 0.6) is 5.75 Å². The standard InChI is InChI=1S/C14H17NO4/c1-17-8-4-7-15-14(16)12-9-10-5-3-6-11(18-2)13(10)19-12/h3,5-6,9H,4,7-8H2,1-2H3,(H,15,16). The number of amides is 1. The minimum atomic E-state index is -0.227. The number of methoxy groups -OCH3 is 2. The Bertz CT molecular complexity index is 562. The van der Waals surface area contributed by atoms with Crippen LogP contribution < -0.4 is 10.1 Å². The topological polar surface area (TPSA) is 60.7 Å². The van der Waals surface area contributed by atoms with E-state index in [0.717, 1.165) is 11.8 Å². The Kier molecular flexibility index (Phi) is 4.41. The fourth-order valence-corrected chi connectivity index (χ4v) is 1.81. The Morgan fingerprint density at radius 3 is 2.95 bits per heavy atom. The van der Waals surface area contributed by atoms with Gasteiger partial charge in [0, 0.05) is 25.6 Å². The number of nitrogens with one attached hydrogen (secondary N) is 1. The smallest absolute Gasteiger partial charge is 0.287 e. The second-order valence-electron chi connectivity index (χ2n) is 4.09. The molecule has 0 saturated carbocycles. The number of hydrogen-bond donors (Lipinski definition) is 1. The zero-order chi connectivity index (χ0) is 13.7. The summed E-state index contributed by atoms with van der Waals surface area (Å²) in [7, 11) is 3.20. The van der Waals surface area contributed by atoms with Crippen molar-refractivity contribution in [3.05, 3.63) is 30.0 Å². The fourth-order valence-electron chi connectivity index (χ4n) is 1.81. The molecule has 0 bridgehead atoms. The van der Waals surface area contributed by atoms with E-state index in [2.05, 4.69) is 5.32 Å². The van der Waals surface area contributed by atoms with Crippen molar-refractivity contribution < 1.29 is 18.7 Å². The largest absolute Gasteiger partial charge is 0.493 e. The van der Waals surface area contributed by atoms with Crippen LogP contribution in [-0.4, -0.2) is 33.3 Å². The summed E-state index contributed by atoms with van der Waals surface area (Å²) in [6, 6.07) is 7.25. The van der Waals surface area contributed by atoms with Gasteiger partial charge in [0.15, 0.2) is 17.1 Å². The maximum atomic E-state index is 11.9. The predicted molar refractivity (Wildman–Crippen MR) is 71.6 cm³/mol. The minimum absolute atomic E-state index is 0.227. The molecule has 0 fully saturated rings. The SMILES string of the molecule is COCCCNC(=O)c1cc2cccc(OC)c2o1. The summed E-state index contributed by atoms with van der Waals surface area (Å²) in [6.45, 7) is 1.18. The Morgan fingerprint density at radius 2 is 2.21 bits per heavy atom. The molecule has 2 rings (SSSR count). The van der Waals surface area contributed by atoms with Gasteiger partial charge < -0.3 is 19.2 Å². The van der Waals surface area contributed by atoms with E-state index in [9.17, 15) is 4.79 Å². The molecule has 0 spiro atoms. The van der Waals surface area contributed by atoms with Crippen LogP contribution in [0.25, 0.3) is 11.0 Å². The van der Waals surface area contributed by atoms with Crippen LogP contribution >= 0.6 is 0 Å². The summed E-state index contributed by atoms with van der Waals surface area (Å²) in [4.78, 5) is 11.9. The van der Waals surface area contributed by atoms with Gasteiger partial charge >= 0.3 is 0 Å². The highest BCUT2D eigenvalue weighted by molar-refractivity contribution is 5.97. The average molecular weight is 263 g/mol. The number of carbonyl (C=O) groups is 1. The number of ether oxygens (including phenoxy) is 2. The van der Waals surface area contributed by atoms with Crippen molar-refractivity contribution >= 4 is 16.9 Å². The van der Waals surface area contributed by atoms with Gasteiger partial charge in [0.25, 0.3) is 5.91 Å². The van der Waals surface area contributed by atoms with Crippen molar-refractivity contribution in [2.45, 2.75) is 6.42 Å².